The molecule has 2 rings (SSSR count). The summed E-state index contributed by atoms with van der Waals surface area (Å²) >= 11 is 0. The maximum atomic E-state index is 5.35. The largest absolute Gasteiger partial charge is 0.381 e. The monoisotopic (exact) mass is 249 g/mol. The van der Waals surface area contributed by atoms with E-state index in [1.54, 1.807) is 0 Å². The van der Waals surface area contributed by atoms with Gasteiger partial charge in [-0.2, -0.15) is 0 Å². The van der Waals surface area contributed by atoms with E-state index in [-0.39, 0.29) is 0 Å². The Morgan fingerprint density at radius 1 is 1.28 bits per heavy atom. The first kappa shape index (κ1) is 13.3. The molecule has 0 bridgehead atoms. The average Bonchev–Trinajstić information content (AvgIpc) is 2.39. The Kier molecular flexibility index (Phi) is 4.53. The van der Waals surface area contributed by atoms with Crippen LogP contribution < -0.4 is 5.32 Å². The van der Waals surface area contributed by atoms with Crippen molar-refractivity contribution < 1.29 is 4.74 Å². The number of hydrogen-bond donors (Lipinski definition) is 1. The third-order valence-electron chi connectivity index (χ3n) is 3.70. The van der Waals surface area contributed by atoms with E-state index in [4.69, 9.17) is 4.74 Å². The van der Waals surface area contributed by atoms with Crippen LogP contribution in [0.5, 0.6) is 0 Å². The lowest BCUT2D eigenvalue weighted by molar-refractivity contribution is 0.0903. The molecule has 1 aliphatic heterocycles. The van der Waals surface area contributed by atoms with Gasteiger partial charge >= 0.3 is 0 Å². The fourth-order valence-electron chi connectivity index (χ4n) is 2.06. The Bertz CT molecular complexity index is 375. The molecule has 1 aliphatic rings. The van der Waals surface area contributed by atoms with E-state index in [0.717, 1.165) is 37.7 Å². The van der Waals surface area contributed by atoms with Gasteiger partial charge in [0, 0.05) is 37.1 Å². The van der Waals surface area contributed by atoms with E-state index in [1.165, 1.54) is 0 Å². The number of nitrogens with one attached hydrogen (secondary N) is 1. The van der Waals surface area contributed by atoms with Gasteiger partial charge in [-0.3, -0.25) is 0 Å². The minimum absolute atomic E-state index is 0.448. The zero-order chi connectivity index (χ0) is 13.0. The van der Waals surface area contributed by atoms with E-state index in [9.17, 15) is 0 Å². The van der Waals surface area contributed by atoms with E-state index >= 15 is 0 Å². The van der Waals surface area contributed by atoms with Crippen LogP contribution in [0.3, 0.4) is 0 Å². The van der Waals surface area contributed by atoms with Crippen molar-refractivity contribution in [3.8, 4) is 0 Å². The van der Waals surface area contributed by atoms with E-state index in [1.807, 2.05) is 12.3 Å². The molecule has 2 heterocycles. The summed E-state index contributed by atoms with van der Waals surface area (Å²) in [7, 11) is 0. The first-order valence-corrected chi connectivity index (χ1v) is 6.84. The second kappa shape index (κ2) is 6.14. The molecule has 1 saturated heterocycles. The molecule has 0 spiro atoms. The molecule has 0 radical (unpaired) electrons. The Labute approximate surface area is 109 Å². The van der Waals surface area contributed by atoms with Crippen molar-refractivity contribution >= 4 is 5.95 Å². The van der Waals surface area contributed by atoms with Crippen molar-refractivity contribution in [2.75, 3.05) is 18.5 Å². The minimum Gasteiger partial charge on any atom is -0.381 e. The molecule has 1 aromatic rings. The molecule has 0 saturated carbocycles. The van der Waals surface area contributed by atoms with Crippen LogP contribution in [-0.2, 0) is 4.74 Å². The van der Waals surface area contributed by atoms with Crippen molar-refractivity contribution in [1.82, 2.24) is 9.97 Å². The molecule has 18 heavy (non-hydrogen) atoms. The highest BCUT2D eigenvalue weighted by Gasteiger charge is 2.16. The first-order valence-electron chi connectivity index (χ1n) is 6.84. The van der Waals surface area contributed by atoms with Gasteiger partial charge < -0.3 is 10.1 Å². The van der Waals surface area contributed by atoms with Gasteiger partial charge in [0.15, 0.2) is 0 Å². The van der Waals surface area contributed by atoms with E-state index < -0.39 is 0 Å². The lowest BCUT2D eigenvalue weighted by Gasteiger charge is -2.23. The summed E-state index contributed by atoms with van der Waals surface area (Å²) in [4.78, 5) is 8.94. The zero-order valence-electron chi connectivity index (χ0n) is 11.5. The summed E-state index contributed by atoms with van der Waals surface area (Å²) in [5.74, 6) is 1.81. The molecule has 0 amide bonds. The van der Waals surface area contributed by atoms with Crippen molar-refractivity contribution in [3.63, 3.8) is 0 Å². The summed E-state index contributed by atoms with van der Waals surface area (Å²) in [6.45, 7) is 8.32. The average molecular weight is 249 g/mol. The second-order valence-electron chi connectivity index (χ2n) is 5.37. The molecule has 1 N–H and O–H groups in total. The SMILES string of the molecule is CC(C)C(C)c1ccnc(NC2CCOCC2)n1. The van der Waals surface area contributed by atoms with Gasteiger partial charge in [-0.25, -0.2) is 9.97 Å². The maximum Gasteiger partial charge on any atom is 0.223 e. The lowest BCUT2D eigenvalue weighted by atomic mass is 9.95. The van der Waals surface area contributed by atoms with Gasteiger partial charge in [0.05, 0.1) is 0 Å². The Hall–Kier alpha value is -1.16. The molecule has 0 aromatic carbocycles. The number of anilines is 1. The second-order valence-corrected chi connectivity index (χ2v) is 5.37. The topological polar surface area (TPSA) is 47.0 Å². The van der Waals surface area contributed by atoms with Gasteiger partial charge in [-0.15, -0.1) is 0 Å². The van der Waals surface area contributed by atoms with Crippen molar-refractivity contribution in [2.24, 2.45) is 5.92 Å². The number of hydrogen-bond acceptors (Lipinski definition) is 4. The molecule has 0 aliphatic carbocycles. The lowest BCUT2D eigenvalue weighted by Crippen LogP contribution is -2.28. The molecular weight excluding hydrogens is 226 g/mol. The van der Waals surface area contributed by atoms with Crippen LogP contribution in [0.4, 0.5) is 5.95 Å². The highest BCUT2D eigenvalue weighted by Crippen LogP contribution is 2.22. The van der Waals surface area contributed by atoms with Crippen LogP contribution >= 0.6 is 0 Å². The Balaban J connectivity index is 2.02. The highest BCUT2D eigenvalue weighted by atomic mass is 16.5. The predicted molar refractivity (Wildman–Crippen MR) is 72.7 cm³/mol. The highest BCUT2D eigenvalue weighted by molar-refractivity contribution is 5.28. The van der Waals surface area contributed by atoms with Gasteiger partial charge in [-0.05, 0) is 24.8 Å². The number of nitrogens with zero attached hydrogens (tertiary/aromatic N) is 2. The third-order valence-corrected chi connectivity index (χ3v) is 3.70. The van der Waals surface area contributed by atoms with Crippen LogP contribution in [0.1, 0.15) is 45.2 Å². The molecule has 1 aromatic heterocycles. The summed E-state index contributed by atoms with van der Waals surface area (Å²) < 4.78 is 5.35. The molecule has 1 fully saturated rings. The molecule has 4 heteroatoms. The fraction of sp³-hybridized carbons (Fsp3) is 0.714. The predicted octanol–water partition coefficient (Wildman–Crippen LogP) is 2.83. The Morgan fingerprint density at radius 2 is 2.00 bits per heavy atom. The summed E-state index contributed by atoms with van der Waals surface area (Å²) in [5, 5.41) is 3.41. The van der Waals surface area contributed by atoms with Gasteiger partial charge in [0.25, 0.3) is 0 Å². The number of rotatable bonds is 4. The molecular formula is C14H23N3O. The maximum absolute atomic E-state index is 5.35. The number of aromatic nitrogens is 2. The first-order chi connectivity index (χ1) is 8.66. The quantitative estimate of drug-likeness (QED) is 0.891. The minimum atomic E-state index is 0.448. The van der Waals surface area contributed by atoms with Gasteiger partial charge in [0.2, 0.25) is 5.95 Å². The summed E-state index contributed by atoms with van der Waals surface area (Å²) in [5.41, 5.74) is 1.12. The molecule has 1 unspecified atom stereocenters. The number of ether oxygens (including phenoxy) is 1. The smallest absolute Gasteiger partial charge is 0.223 e. The van der Waals surface area contributed by atoms with Gasteiger partial charge in [-0.1, -0.05) is 20.8 Å². The van der Waals surface area contributed by atoms with E-state index in [2.05, 4.69) is 36.1 Å². The standard InChI is InChI=1S/C14H23N3O/c1-10(2)11(3)13-4-7-15-14(17-13)16-12-5-8-18-9-6-12/h4,7,10-12H,5-6,8-9H2,1-3H3,(H,15,16,17). The Morgan fingerprint density at radius 3 is 2.67 bits per heavy atom. The third kappa shape index (κ3) is 3.42. The summed E-state index contributed by atoms with van der Waals surface area (Å²) in [6, 6.07) is 2.46. The van der Waals surface area contributed by atoms with Crippen molar-refractivity contribution in [3.05, 3.63) is 18.0 Å². The molecule has 100 valence electrons. The van der Waals surface area contributed by atoms with Crippen molar-refractivity contribution in [1.29, 1.82) is 0 Å². The van der Waals surface area contributed by atoms with Crippen molar-refractivity contribution in [2.45, 2.75) is 45.6 Å². The van der Waals surface area contributed by atoms with Crippen LogP contribution in [-0.4, -0.2) is 29.2 Å². The van der Waals surface area contributed by atoms with E-state index in [0.29, 0.717) is 17.9 Å². The fourth-order valence-corrected chi connectivity index (χ4v) is 2.06. The zero-order valence-corrected chi connectivity index (χ0v) is 11.5. The van der Waals surface area contributed by atoms with Gasteiger partial charge in [0.1, 0.15) is 0 Å². The molecule has 4 nitrogen and oxygen atoms in total. The van der Waals surface area contributed by atoms with Crippen LogP contribution in [0.25, 0.3) is 0 Å². The normalized spacial score (nSPS) is 18.9. The van der Waals surface area contributed by atoms with Crippen LogP contribution in [0.15, 0.2) is 12.3 Å². The van der Waals surface area contributed by atoms with Crippen LogP contribution in [0.2, 0.25) is 0 Å². The molecule has 1 atom stereocenters. The van der Waals surface area contributed by atoms with Crippen LogP contribution in [0, 0.1) is 5.92 Å². The summed E-state index contributed by atoms with van der Waals surface area (Å²) in [6.07, 6.45) is 3.92.